The zero-order chi connectivity index (χ0) is 24.1. The average molecular weight is 481 g/mol. The third-order valence-electron chi connectivity index (χ3n) is 7.09. The third kappa shape index (κ3) is 3.47. The second kappa shape index (κ2) is 8.54. The first-order chi connectivity index (χ1) is 17.8. The van der Waals surface area contributed by atoms with Gasteiger partial charge in [0.1, 0.15) is 5.37 Å². The Kier molecular flexibility index (Phi) is 5.04. The van der Waals surface area contributed by atoms with E-state index >= 15 is 0 Å². The largest absolute Gasteiger partial charge is 0.368 e. The lowest BCUT2D eigenvalue weighted by Crippen LogP contribution is -2.01. The Balaban J connectivity index is 1.40. The predicted molar refractivity (Wildman–Crippen MR) is 154 cm³/mol. The zero-order valence-electron chi connectivity index (χ0n) is 19.9. The van der Waals surface area contributed by atoms with Gasteiger partial charge in [-0.1, -0.05) is 115 Å². The van der Waals surface area contributed by atoms with Crippen LogP contribution in [0.1, 0.15) is 16.5 Å². The number of nitrogens with one attached hydrogen (secondary N) is 1. The van der Waals surface area contributed by atoms with Crippen LogP contribution in [0.2, 0.25) is 0 Å². The molecule has 2 heterocycles. The van der Waals surface area contributed by atoms with Crippen molar-refractivity contribution in [2.75, 3.05) is 5.32 Å². The minimum Gasteiger partial charge on any atom is -0.368 e. The number of pyridine rings is 1. The fourth-order valence-electron chi connectivity index (χ4n) is 5.26. The first-order valence-corrected chi connectivity index (χ1v) is 13.1. The Morgan fingerprint density at radius 2 is 1.33 bits per heavy atom. The van der Waals surface area contributed by atoms with Gasteiger partial charge in [-0.15, -0.1) is 0 Å². The quantitative estimate of drug-likeness (QED) is 0.273. The third-order valence-corrected chi connectivity index (χ3v) is 8.31. The lowest BCUT2D eigenvalue weighted by atomic mass is 9.95. The zero-order valence-corrected chi connectivity index (χ0v) is 20.7. The molecule has 172 valence electrons. The van der Waals surface area contributed by atoms with Crippen molar-refractivity contribution < 1.29 is 0 Å². The van der Waals surface area contributed by atoms with E-state index < -0.39 is 0 Å². The summed E-state index contributed by atoms with van der Waals surface area (Å²) in [5.74, 6) is 0. The molecule has 0 bridgehead atoms. The van der Waals surface area contributed by atoms with E-state index in [1.54, 1.807) is 0 Å². The predicted octanol–water partition coefficient (Wildman–Crippen LogP) is 9.25. The van der Waals surface area contributed by atoms with E-state index in [-0.39, 0.29) is 5.37 Å². The fraction of sp³-hybridized carbons (Fsp3) is 0.0606. The Bertz CT molecular complexity index is 1740. The maximum atomic E-state index is 5.28. The molecule has 0 spiro atoms. The number of benzene rings is 5. The van der Waals surface area contributed by atoms with Gasteiger partial charge >= 0.3 is 0 Å². The second-order valence-electron chi connectivity index (χ2n) is 9.27. The van der Waals surface area contributed by atoms with Crippen LogP contribution in [0.5, 0.6) is 0 Å². The summed E-state index contributed by atoms with van der Waals surface area (Å²) in [5, 5.41) is 8.94. The van der Waals surface area contributed by atoms with Crippen LogP contribution in [0.25, 0.3) is 44.1 Å². The highest BCUT2D eigenvalue weighted by atomic mass is 32.2. The van der Waals surface area contributed by atoms with Crippen molar-refractivity contribution >= 4 is 39.0 Å². The highest BCUT2D eigenvalue weighted by molar-refractivity contribution is 8.00. The van der Waals surface area contributed by atoms with E-state index in [4.69, 9.17) is 4.98 Å². The summed E-state index contributed by atoms with van der Waals surface area (Å²) >= 11 is 1.88. The molecule has 1 atom stereocenters. The smallest absolute Gasteiger partial charge is 0.103 e. The number of hydrogen-bond donors (Lipinski definition) is 1. The number of aromatic nitrogens is 1. The molecule has 1 aliphatic heterocycles. The van der Waals surface area contributed by atoms with E-state index in [1.165, 1.54) is 43.3 Å². The molecule has 1 unspecified atom stereocenters. The van der Waals surface area contributed by atoms with Crippen molar-refractivity contribution in [3.8, 4) is 22.5 Å². The van der Waals surface area contributed by atoms with Crippen LogP contribution in [0.4, 0.5) is 5.69 Å². The molecule has 0 fully saturated rings. The van der Waals surface area contributed by atoms with Gasteiger partial charge in [-0.2, -0.15) is 0 Å². The van der Waals surface area contributed by atoms with Crippen LogP contribution in [0.3, 0.4) is 0 Å². The van der Waals surface area contributed by atoms with E-state index in [2.05, 4.69) is 128 Å². The number of aryl methyl sites for hydroxylation is 1. The summed E-state index contributed by atoms with van der Waals surface area (Å²) in [7, 11) is 0. The number of fused-ring (bicyclic) bond motifs is 4. The molecule has 7 rings (SSSR count). The summed E-state index contributed by atoms with van der Waals surface area (Å²) in [6, 6.07) is 41.0. The molecule has 5 aromatic carbocycles. The van der Waals surface area contributed by atoms with Crippen molar-refractivity contribution in [3.63, 3.8) is 0 Å². The van der Waals surface area contributed by atoms with Crippen LogP contribution in [-0.4, -0.2) is 4.98 Å². The molecular formula is C33H24N2S. The van der Waals surface area contributed by atoms with Gasteiger partial charge in [-0.3, -0.25) is 0 Å². The van der Waals surface area contributed by atoms with Crippen molar-refractivity contribution in [1.82, 2.24) is 4.98 Å². The minimum atomic E-state index is 0.223. The Labute approximate surface area is 215 Å². The first-order valence-electron chi connectivity index (χ1n) is 12.3. The van der Waals surface area contributed by atoms with Crippen molar-refractivity contribution in [2.24, 2.45) is 0 Å². The Morgan fingerprint density at radius 3 is 2.14 bits per heavy atom. The van der Waals surface area contributed by atoms with Gasteiger partial charge < -0.3 is 5.32 Å². The topological polar surface area (TPSA) is 24.9 Å². The van der Waals surface area contributed by atoms with Crippen LogP contribution in [0.15, 0.2) is 120 Å². The first kappa shape index (κ1) is 21.2. The number of anilines is 1. The second-order valence-corrected chi connectivity index (χ2v) is 10.4. The number of rotatable bonds is 3. The molecule has 36 heavy (non-hydrogen) atoms. The van der Waals surface area contributed by atoms with E-state index in [1.807, 2.05) is 11.8 Å². The summed E-state index contributed by atoms with van der Waals surface area (Å²) in [6.45, 7) is 2.19. The molecule has 1 aromatic heterocycles. The monoisotopic (exact) mass is 480 g/mol. The number of thioether (sulfide) groups is 1. The van der Waals surface area contributed by atoms with Gasteiger partial charge in [0.05, 0.1) is 17.1 Å². The molecule has 1 aliphatic rings. The van der Waals surface area contributed by atoms with Crippen LogP contribution in [0, 0.1) is 6.92 Å². The molecule has 0 radical (unpaired) electrons. The molecule has 6 aromatic rings. The average Bonchev–Trinajstić information content (AvgIpc) is 3.39. The van der Waals surface area contributed by atoms with E-state index in [9.17, 15) is 0 Å². The normalized spacial score (nSPS) is 14.6. The van der Waals surface area contributed by atoms with Gasteiger partial charge in [0, 0.05) is 26.8 Å². The minimum absolute atomic E-state index is 0.223. The van der Waals surface area contributed by atoms with Crippen LogP contribution < -0.4 is 5.32 Å². The Morgan fingerprint density at radius 1 is 0.639 bits per heavy atom. The summed E-state index contributed by atoms with van der Waals surface area (Å²) in [6.07, 6.45) is 0. The molecular weight excluding hydrogens is 456 g/mol. The molecule has 1 N–H and O–H groups in total. The molecule has 0 aliphatic carbocycles. The molecule has 0 saturated heterocycles. The SMILES string of the molecule is Cc1c(-c2ccc3ccc4c(c3c2)NC(c2ccccc2)S4)nc(-c2ccccc2)c2ccccc12. The van der Waals surface area contributed by atoms with Crippen molar-refractivity contribution in [3.05, 3.63) is 126 Å². The molecule has 0 amide bonds. The lowest BCUT2D eigenvalue weighted by molar-refractivity contribution is 1.14. The summed E-state index contributed by atoms with van der Waals surface area (Å²) in [4.78, 5) is 6.57. The van der Waals surface area contributed by atoms with Gasteiger partial charge in [-0.25, -0.2) is 4.98 Å². The van der Waals surface area contributed by atoms with E-state index in [0.717, 1.165) is 22.5 Å². The standard InChI is InChI=1S/C33H24N2S/c1-21-26-14-8-9-15-27(26)31(23-10-4-2-5-11-23)34-30(21)25-17-16-22-18-19-29-32(28(22)20-25)35-33(36-29)24-12-6-3-7-13-24/h2-20,33,35H,1H3. The molecule has 0 saturated carbocycles. The molecule has 2 nitrogen and oxygen atoms in total. The van der Waals surface area contributed by atoms with Gasteiger partial charge in [0.25, 0.3) is 0 Å². The number of nitrogens with zero attached hydrogens (tertiary/aromatic N) is 1. The Hall–Kier alpha value is -4.08. The van der Waals surface area contributed by atoms with Gasteiger partial charge in [0.15, 0.2) is 0 Å². The summed E-state index contributed by atoms with van der Waals surface area (Å²) < 4.78 is 0. The lowest BCUT2D eigenvalue weighted by Gasteiger charge is -2.15. The summed E-state index contributed by atoms with van der Waals surface area (Å²) in [5.41, 5.74) is 8.08. The number of hydrogen-bond acceptors (Lipinski definition) is 3. The van der Waals surface area contributed by atoms with Crippen molar-refractivity contribution in [1.29, 1.82) is 0 Å². The van der Waals surface area contributed by atoms with Crippen LogP contribution in [-0.2, 0) is 0 Å². The van der Waals surface area contributed by atoms with Crippen LogP contribution >= 0.6 is 11.8 Å². The van der Waals surface area contributed by atoms with Crippen molar-refractivity contribution in [2.45, 2.75) is 17.2 Å². The van der Waals surface area contributed by atoms with Gasteiger partial charge in [-0.05, 0) is 41.0 Å². The highest BCUT2D eigenvalue weighted by Crippen LogP contribution is 2.49. The maximum absolute atomic E-state index is 5.28. The molecule has 3 heteroatoms. The fourth-order valence-corrected chi connectivity index (χ4v) is 6.42. The van der Waals surface area contributed by atoms with E-state index in [0.29, 0.717) is 0 Å². The van der Waals surface area contributed by atoms with Gasteiger partial charge in [0.2, 0.25) is 0 Å². The highest BCUT2D eigenvalue weighted by Gasteiger charge is 2.25. The maximum Gasteiger partial charge on any atom is 0.103 e.